The molecule has 1 fully saturated rings. The molecule has 2 atom stereocenters. The first-order valence-electron chi connectivity index (χ1n) is 6.65. The molecule has 98 valence electrons. The van der Waals surface area contributed by atoms with Gasteiger partial charge in [0.05, 0.1) is 5.56 Å². The van der Waals surface area contributed by atoms with Gasteiger partial charge in [-0.25, -0.2) is 4.98 Å². The summed E-state index contributed by atoms with van der Waals surface area (Å²) < 4.78 is 0. The molecule has 18 heavy (non-hydrogen) atoms. The molecule has 1 aliphatic rings. The predicted octanol–water partition coefficient (Wildman–Crippen LogP) is 2.44. The van der Waals surface area contributed by atoms with Crippen molar-refractivity contribution < 1.29 is 0 Å². The van der Waals surface area contributed by atoms with Gasteiger partial charge >= 0.3 is 0 Å². The van der Waals surface area contributed by atoms with Crippen LogP contribution in [0.1, 0.15) is 44.4 Å². The minimum atomic E-state index is 0.103. The van der Waals surface area contributed by atoms with E-state index >= 15 is 0 Å². The normalized spacial score (nSPS) is 23.4. The Morgan fingerprint density at radius 3 is 2.83 bits per heavy atom. The zero-order valence-corrected chi connectivity index (χ0v) is 11.4. The lowest BCUT2D eigenvalue weighted by Gasteiger charge is -2.31. The molecule has 2 unspecified atom stereocenters. The number of nitrogens with one attached hydrogen (secondary N) is 1. The van der Waals surface area contributed by atoms with Crippen LogP contribution in [-0.4, -0.2) is 22.9 Å². The predicted molar refractivity (Wildman–Crippen MR) is 75.2 cm³/mol. The molecule has 2 heterocycles. The van der Waals surface area contributed by atoms with Crippen LogP contribution in [0.2, 0.25) is 0 Å². The van der Waals surface area contributed by atoms with Crippen molar-refractivity contribution in [3.63, 3.8) is 0 Å². The molecule has 1 saturated heterocycles. The highest BCUT2D eigenvalue weighted by Gasteiger charge is 2.32. The summed E-state index contributed by atoms with van der Waals surface area (Å²) in [4.78, 5) is 6.98. The van der Waals surface area contributed by atoms with Crippen LogP contribution in [0.4, 0.5) is 5.82 Å². The topological polar surface area (TPSA) is 66.0 Å². The number of nitrogen functional groups attached to an aromatic ring is 1. The van der Waals surface area contributed by atoms with Gasteiger partial charge in [0, 0.05) is 17.8 Å². The molecule has 0 aliphatic carbocycles. The number of aromatic nitrogens is 1. The molecule has 2 rings (SSSR count). The highest BCUT2D eigenvalue weighted by molar-refractivity contribution is 5.99. The largest absolute Gasteiger partial charge is 0.384 e. The quantitative estimate of drug-likeness (QED) is 0.636. The lowest BCUT2D eigenvalue weighted by atomic mass is 10.1. The molecule has 0 saturated carbocycles. The molecule has 0 bridgehead atoms. The van der Waals surface area contributed by atoms with Crippen LogP contribution in [0.15, 0.2) is 12.1 Å². The molecule has 3 N–H and O–H groups in total. The van der Waals surface area contributed by atoms with E-state index in [9.17, 15) is 0 Å². The van der Waals surface area contributed by atoms with Crippen LogP contribution in [-0.2, 0) is 0 Å². The number of aryl methyl sites for hydroxylation is 1. The molecular weight excluding hydrogens is 224 g/mol. The zero-order valence-electron chi connectivity index (χ0n) is 11.4. The number of nitrogens with two attached hydrogens (primary N) is 1. The molecular formula is C14H22N4. The third kappa shape index (κ3) is 2.19. The van der Waals surface area contributed by atoms with Gasteiger partial charge in [-0.15, -0.1) is 0 Å². The van der Waals surface area contributed by atoms with E-state index in [-0.39, 0.29) is 5.84 Å². The van der Waals surface area contributed by atoms with Crippen molar-refractivity contribution in [1.82, 2.24) is 4.98 Å². The smallest absolute Gasteiger partial charge is 0.140 e. The van der Waals surface area contributed by atoms with Gasteiger partial charge in [0.25, 0.3) is 0 Å². The number of rotatable bonds is 3. The van der Waals surface area contributed by atoms with Gasteiger partial charge in [0.15, 0.2) is 0 Å². The lowest BCUT2D eigenvalue weighted by molar-refractivity contribution is 0.620. The first kappa shape index (κ1) is 12.9. The van der Waals surface area contributed by atoms with E-state index in [1.54, 1.807) is 0 Å². The SMILES string of the molecule is CCC1CCC(C)N1c1nc(C)ccc1C(=N)N. The molecule has 1 aromatic rings. The summed E-state index contributed by atoms with van der Waals surface area (Å²) in [6.45, 7) is 6.41. The van der Waals surface area contributed by atoms with Gasteiger partial charge < -0.3 is 10.6 Å². The number of hydrogen-bond acceptors (Lipinski definition) is 3. The van der Waals surface area contributed by atoms with Crippen molar-refractivity contribution in [3.8, 4) is 0 Å². The summed E-state index contributed by atoms with van der Waals surface area (Å²) in [7, 11) is 0. The Kier molecular flexibility index (Phi) is 3.55. The second kappa shape index (κ2) is 4.96. The number of anilines is 1. The standard InChI is InChI=1S/C14H22N4/c1-4-11-7-6-10(3)18(11)14-12(13(15)16)8-5-9(2)17-14/h5,8,10-11H,4,6-7H2,1-3H3,(H3,15,16). The number of pyridine rings is 1. The molecule has 0 aromatic carbocycles. The van der Waals surface area contributed by atoms with Crippen molar-refractivity contribution >= 4 is 11.7 Å². The van der Waals surface area contributed by atoms with Crippen LogP contribution in [0.5, 0.6) is 0 Å². The molecule has 1 aromatic heterocycles. The minimum Gasteiger partial charge on any atom is -0.384 e. The van der Waals surface area contributed by atoms with Crippen LogP contribution in [0.25, 0.3) is 0 Å². The van der Waals surface area contributed by atoms with Crippen LogP contribution < -0.4 is 10.6 Å². The second-order valence-electron chi connectivity index (χ2n) is 5.13. The molecule has 0 spiro atoms. The average Bonchev–Trinajstić information content (AvgIpc) is 2.69. The highest BCUT2D eigenvalue weighted by atomic mass is 15.3. The third-order valence-electron chi connectivity index (χ3n) is 3.81. The summed E-state index contributed by atoms with van der Waals surface area (Å²) in [5.74, 6) is 0.991. The molecule has 4 nitrogen and oxygen atoms in total. The maximum Gasteiger partial charge on any atom is 0.140 e. The zero-order chi connectivity index (χ0) is 13.3. The summed E-state index contributed by atoms with van der Waals surface area (Å²) in [6.07, 6.45) is 3.49. The minimum absolute atomic E-state index is 0.103. The Bertz CT molecular complexity index is 455. The maximum atomic E-state index is 7.71. The fraction of sp³-hybridized carbons (Fsp3) is 0.571. The van der Waals surface area contributed by atoms with E-state index in [1.165, 1.54) is 12.8 Å². The Hall–Kier alpha value is -1.58. The van der Waals surface area contributed by atoms with Crippen molar-refractivity contribution in [2.45, 2.75) is 52.1 Å². The van der Waals surface area contributed by atoms with Gasteiger partial charge in [0.2, 0.25) is 0 Å². The molecule has 0 radical (unpaired) electrons. The fourth-order valence-corrected chi connectivity index (χ4v) is 2.80. The molecule has 0 amide bonds. The van der Waals surface area contributed by atoms with Crippen LogP contribution in [0, 0.1) is 12.3 Å². The lowest BCUT2D eigenvalue weighted by Crippen LogP contribution is -2.36. The van der Waals surface area contributed by atoms with Gasteiger partial charge in [-0.1, -0.05) is 6.92 Å². The van der Waals surface area contributed by atoms with Crippen molar-refractivity contribution in [3.05, 3.63) is 23.4 Å². The summed E-state index contributed by atoms with van der Waals surface area (Å²) in [5, 5.41) is 7.71. The van der Waals surface area contributed by atoms with Crippen molar-refractivity contribution in [2.24, 2.45) is 5.73 Å². The summed E-state index contributed by atoms with van der Waals surface area (Å²) in [5.41, 5.74) is 7.41. The van der Waals surface area contributed by atoms with Crippen molar-refractivity contribution in [1.29, 1.82) is 5.41 Å². The van der Waals surface area contributed by atoms with Crippen LogP contribution in [0.3, 0.4) is 0 Å². The Balaban J connectivity index is 2.48. The average molecular weight is 246 g/mol. The van der Waals surface area contributed by atoms with E-state index in [2.05, 4.69) is 23.7 Å². The third-order valence-corrected chi connectivity index (χ3v) is 3.81. The highest BCUT2D eigenvalue weighted by Crippen LogP contribution is 2.32. The second-order valence-corrected chi connectivity index (χ2v) is 5.13. The van der Waals surface area contributed by atoms with Gasteiger partial charge in [-0.3, -0.25) is 5.41 Å². The first-order chi connectivity index (χ1) is 8.54. The van der Waals surface area contributed by atoms with Gasteiger partial charge in [-0.2, -0.15) is 0 Å². The number of amidine groups is 1. The monoisotopic (exact) mass is 246 g/mol. The Morgan fingerprint density at radius 1 is 1.50 bits per heavy atom. The summed E-state index contributed by atoms with van der Waals surface area (Å²) in [6, 6.07) is 4.83. The van der Waals surface area contributed by atoms with Crippen LogP contribution >= 0.6 is 0 Å². The number of nitrogens with zero attached hydrogens (tertiary/aromatic N) is 2. The maximum absolute atomic E-state index is 7.71. The molecule has 1 aliphatic heterocycles. The fourth-order valence-electron chi connectivity index (χ4n) is 2.80. The van der Waals surface area contributed by atoms with Gasteiger partial charge in [-0.05, 0) is 45.2 Å². The summed E-state index contributed by atoms with van der Waals surface area (Å²) >= 11 is 0. The van der Waals surface area contributed by atoms with E-state index in [4.69, 9.17) is 11.1 Å². The Morgan fingerprint density at radius 2 is 2.22 bits per heavy atom. The van der Waals surface area contributed by atoms with E-state index in [0.29, 0.717) is 12.1 Å². The molecule has 4 heteroatoms. The number of hydrogen-bond donors (Lipinski definition) is 2. The van der Waals surface area contributed by atoms with E-state index in [0.717, 1.165) is 23.5 Å². The first-order valence-corrected chi connectivity index (χ1v) is 6.65. The Labute approximate surface area is 109 Å². The van der Waals surface area contributed by atoms with Crippen molar-refractivity contribution in [2.75, 3.05) is 4.90 Å². The van der Waals surface area contributed by atoms with E-state index in [1.807, 2.05) is 19.1 Å². The van der Waals surface area contributed by atoms with Gasteiger partial charge in [0.1, 0.15) is 11.7 Å². The van der Waals surface area contributed by atoms with E-state index < -0.39 is 0 Å².